The van der Waals surface area contributed by atoms with E-state index < -0.39 is 0 Å². The van der Waals surface area contributed by atoms with Crippen LogP contribution >= 0.6 is 0 Å². The molecule has 3 aromatic heterocycles. The van der Waals surface area contributed by atoms with Crippen LogP contribution in [0.4, 0.5) is 0 Å². The van der Waals surface area contributed by atoms with E-state index in [2.05, 4.69) is 9.97 Å². The highest BCUT2D eigenvalue weighted by Crippen LogP contribution is 2.22. The maximum atomic E-state index is 11.2. The lowest BCUT2D eigenvalue weighted by Crippen LogP contribution is -2.01. The van der Waals surface area contributed by atoms with Crippen LogP contribution in [0.2, 0.25) is 0 Å². The van der Waals surface area contributed by atoms with Crippen LogP contribution < -0.4 is 0 Å². The Bertz CT molecular complexity index is 757. The predicted molar refractivity (Wildman–Crippen MR) is 74.7 cm³/mol. The molecule has 0 aliphatic heterocycles. The van der Waals surface area contributed by atoms with Gasteiger partial charge in [-0.05, 0) is 25.5 Å². The van der Waals surface area contributed by atoms with Crippen molar-refractivity contribution in [3.63, 3.8) is 0 Å². The highest BCUT2D eigenvalue weighted by molar-refractivity contribution is 5.97. The summed E-state index contributed by atoms with van der Waals surface area (Å²) >= 11 is 0. The van der Waals surface area contributed by atoms with Crippen molar-refractivity contribution in [3.05, 3.63) is 47.4 Å². The molecule has 0 bridgehead atoms. The maximum Gasteiger partial charge on any atom is 0.152 e. The predicted octanol–water partition coefficient (Wildman–Crippen LogP) is 2.47. The zero-order valence-electron chi connectivity index (χ0n) is 11.5. The monoisotopic (exact) mass is 269 g/mol. The number of carbonyl (C=O) groups is 1. The van der Waals surface area contributed by atoms with Gasteiger partial charge < -0.3 is 8.98 Å². The summed E-state index contributed by atoms with van der Waals surface area (Å²) in [4.78, 5) is 20.1. The van der Waals surface area contributed by atoms with Gasteiger partial charge in [0, 0.05) is 25.2 Å². The van der Waals surface area contributed by atoms with Gasteiger partial charge in [-0.25, -0.2) is 9.97 Å². The van der Waals surface area contributed by atoms with E-state index in [4.69, 9.17) is 4.42 Å². The molecule has 0 unspecified atom stereocenters. The summed E-state index contributed by atoms with van der Waals surface area (Å²) in [6, 6.07) is 3.81. The average molecular weight is 269 g/mol. The first-order chi connectivity index (χ1) is 9.69. The van der Waals surface area contributed by atoms with E-state index in [0.29, 0.717) is 11.4 Å². The lowest BCUT2D eigenvalue weighted by Gasteiger charge is -2.04. The van der Waals surface area contributed by atoms with E-state index >= 15 is 0 Å². The molecule has 0 fully saturated rings. The molecule has 5 heteroatoms. The smallest absolute Gasteiger partial charge is 0.152 e. The molecule has 0 saturated heterocycles. The first-order valence-corrected chi connectivity index (χ1v) is 6.49. The van der Waals surface area contributed by atoms with Crippen LogP contribution in [0.25, 0.3) is 11.0 Å². The Hall–Kier alpha value is -2.43. The fourth-order valence-corrected chi connectivity index (χ4v) is 2.47. The molecule has 5 nitrogen and oxygen atoms in total. The number of aldehydes is 1. The number of furan rings is 1. The van der Waals surface area contributed by atoms with Crippen LogP contribution in [-0.2, 0) is 19.9 Å². The van der Waals surface area contributed by atoms with E-state index in [1.807, 2.05) is 30.7 Å². The average Bonchev–Trinajstić information content (AvgIpc) is 3.04. The van der Waals surface area contributed by atoms with E-state index in [9.17, 15) is 4.79 Å². The second-order valence-corrected chi connectivity index (χ2v) is 4.81. The summed E-state index contributed by atoms with van der Waals surface area (Å²) in [5, 5.41) is 0.847. The molecule has 0 radical (unpaired) electrons. The fraction of sp³-hybridized carbons (Fsp3) is 0.267. The summed E-state index contributed by atoms with van der Waals surface area (Å²) in [6.45, 7) is 1.86. The minimum absolute atomic E-state index is 0.636. The molecular formula is C15H15N3O2. The quantitative estimate of drug-likeness (QED) is 0.683. The Labute approximate surface area is 116 Å². The molecule has 0 spiro atoms. The second kappa shape index (κ2) is 4.92. The van der Waals surface area contributed by atoms with Gasteiger partial charge in [0.15, 0.2) is 6.29 Å². The molecule has 3 heterocycles. The van der Waals surface area contributed by atoms with Crippen molar-refractivity contribution in [2.75, 3.05) is 0 Å². The van der Waals surface area contributed by atoms with Crippen LogP contribution in [0, 0.1) is 6.92 Å². The molecule has 0 aliphatic rings. The summed E-state index contributed by atoms with van der Waals surface area (Å²) in [6.07, 6.45) is 5.79. The third kappa shape index (κ3) is 2.11. The van der Waals surface area contributed by atoms with Crippen molar-refractivity contribution in [1.82, 2.24) is 14.5 Å². The second-order valence-electron chi connectivity index (χ2n) is 4.81. The van der Waals surface area contributed by atoms with Crippen LogP contribution in [0.5, 0.6) is 0 Å². The normalized spacial score (nSPS) is 11.1. The van der Waals surface area contributed by atoms with Gasteiger partial charge in [0.25, 0.3) is 0 Å². The lowest BCUT2D eigenvalue weighted by atomic mass is 10.1. The number of hydrogen-bond donors (Lipinski definition) is 0. The molecule has 3 rings (SSSR count). The van der Waals surface area contributed by atoms with Gasteiger partial charge in [0.1, 0.15) is 17.2 Å². The molecule has 0 saturated carbocycles. The van der Waals surface area contributed by atoms with Gasteiger partial charge in [-0.15, -0.1) is 0 Å². The summed E-state index contributed by atoms with van der Waals surface area (Å²) in [5.74, 6) is 1.63. The van der Waals surface area contributed by atoms with Crippen LogP contribution in [0.15, 0.2) is 29.0 Å². The van der Waals surface area contributed by atoms with Gasteiger partial charge in [-0.1, -0.05) is 0 Å². The van der Waals surface area contributed by atoms with E-state index in [-0.39, 0.29) is 0 Å². The zero-order chi connectivity index (χ0) is 14.1. The lowest BCUT2D eigenvalue weighted by molar-refractivity contribution is 0.112. The Morgan fingerprint density at radius 2 is 2.20 bits per heavy atom. The van der Waals surface area contributed by atoms with E-state index in [1.165, 1.54) is 0 Å². The van der Waals surface area contributed by atoms with E-state index in [1.54, 1.807) is 12.5 Å². The molecule has 0 amide bonds. The molecule has 102 valence electrons. The van der Waals surface area contributed by atoms with Gasteiger partial charge in [0.05, 0.1) is 17.3 Å². The minimum atomic E-state index is 0.636. The van der Waals surface area contributed by atoms with Gasteiger partial charge in [-0.3, -0.25) is 4.79 Å². The van der Waals surface area contributed by atoms with Crippen molar-refractivity contribution in [2.45, 2.75) is 19.8 Å². The number of fused-ring (bicyclic) bond motifs is 1. The zero-order valence-corrected chi connectivity index (χ0v) is 11.5. The topological polar surface area (TPSA) is 60.9 Å². The van der Waals surface area contributed by atoms with Crippen molar-refractivity contribution in [1.29, 1.82) is 0 Å². The van der Waals surface area contributed by atoms with Crippen LogP contribution in [-0.4, -0.2) is 20.8 Å². The standard InChI is InChI=1S/C15H15N3O2/c1-10-16-13(6-5-12-4-3-7-20-12)14-11(9-19)8-18(2)15(14)17-10/h3-4,7-9H,5-6H2,1-2H3. The number of carbonyl (C=O) groups excluding carboxylic acids is 1. The van der Waals surface area contributed by atoms with Crippen LogP contribution in [0.1, 0.15) is 27.6 Å². The first kappa shape index (κ1) is 12.6. The molecular weight excluding hydrogens is 254 g/mol. The van der Waals surface area contributed by atoms with Gasteiger partial charge in [-0.2, -0.15) is 0 Å². The van der Waals surface area contributed by atoms with Gasteiger partial charge in [0.2, 0.25) is 0 Å². The largest absolute Gasteiger partial charge is 0.469 e. The number of nitrogens with zero attached hydrogens (tertiary/aromatic N) is 3. The van der Waals surface area contributed by atoms with Crippen molar-refractivity contribution in [3.8, 4) is 0 Å². The molecule has 0 atom stereocenters. The fourth-order valence-electron chi connectivity index (χ4n) is 2.47. The summed E-state index contributed by atoms with van der Waals surface area (Å²) in [7, 11) is 1.89. The molecule has 3 aromatic rings. The third-order valence-electron chi connectivity index (χ3n) is 3.35. The number of aromatic nitrogens is 3. The van der Waals surface area contributed by atoms with Gasteiger partial charge >= 0.3 is 0 Å². The Morgan fingerprint density at radius 3 is 2.90 bits per heavy atom. The number of aryl methyl sites for hydroxylation is 4. The highest BCUT2D eigenvalue weighted by atomic mass is 16.3. The summed E-state index contributed by atoms with van der Waals surface area (Å²) in [5.41, 5.74) is 2.33. The Kier molecular flexibility index (Phi) is 3.10. The first-order valence-electron chi connectivity index (χ1n) is 6.49. The van der Waals surface area contributed by atoms with E-state index in [0.717, 1.165) is 41.6 Å². The minimum Gasteiger partial charge on any atom is -0.469 e. The Balaban J connectivity index is 2.06. The van der Waals surface area contributed by atoms with Crippen LogP contribution in [0.3, 0.4) is 0 Å². The number of rotatable bonds is 4. The molecule has 20 heavy (non-hydrogen) atoms. The Morgan fingerprint density at radius 1 is 1.35 bits per heavy atom. The number of hydrogen-bond acceptors (Lipinski definition) is 4. The molecule has 0 aromatic carbocycles. The maximum absolute atomic E-state index is 11.2. The SMILES string of the molecule is Cc1nc(CCc2ccco2)c2c(C=O)cn(C)c2n1. The van der Waals surface area contributed by atoms with Crippen molar-refractivity contribution >= 4 is 17.3 Å². The molecule has 0 N–H and O–H groups in total. The van der Waals surface area contributed by atoms with Crippen molar-refractivity contribution < 1.29 is 9.21 Å². The van der Waals surface area contributed by atoms with Crippen molar-refractivity contribution in [2.24, 2.45) is 7.05 Å². The molecule has 0 aliphatic carbocycles. The summed E-state index contributed by atoms with van der Waals surface area (Å²) < 4.78 is 7.21. The third-order valence-corrected chi connectivity index (χ3v) is 3.35. The highest BCUT2D eigenvalue weighted by Gasteiger charge is 2.14.